The lowest BCUT2D eigenvalue weighted by atomic mass is 9.97. The Balaban J connectivity index is 1.64. The van der Waals surface area contributed by atoms with Gasteiger partial charge in [-0.25, -0.2) is 0 Å². The molecule has 0 radical (unpaired) electrons. The van der Waals surface area contributed by atoms with Crippen LogP contribution in [0.4, 0.5) is 0 Å². The summed E-state index contributed by atoms with van der Waals surface area (Å²) in [4.78, 5) is 2.79. The van der Waals surface area contributed by atoms with E-state index in [4.69, 9.17) is 0 Å². The highest BCUT2D eigenvalue weighted by atomic mass is 15.3. The highest BCUT2D eigenvalue weighted by Crippen LogP contribution is 2.31. The number of piperazine rings is 1. The Labute approximate surface area is 123 Å². The second kappa shape index (κ2) is 6.28. The molecule has 1 heterocycles. The molecule has 2 fully saturated rings. The zero-order valence-corrected chi connectivity index (χ0v) is 12.9. The molecule has 2 nitrogen and oxygen atoms in total. The first-order valence-corrected chi connectivity index (χ1v) is 8.27. The molecule has 1 saturated carbocycles. The summed E-state index contributed by atoms with van der Waals surface area (Å²) in [5.41, 5.74) is 1.46. The Kier molecular flexibility index (Phi) is 4.42. The van der Waals surface area contributed by atoms with Crippen LogP contribution in [0.25, 0.3) is 0 Å². The van der Waals surface area contributed by atoms with E-state index in [-0.39, 0.29) is 0 Å². The third-order valence-electron chi connectivity index (χ3n) is 5.27. The molecule has 0 aromatic heterocycles. The molecule has 1 aromatic carbocycles. The van der Waals surface area contributed by atoms with Crippen LogP contribution in [-0.4, -0.2) is 36.1 Å². The van der Waals surface area contributed by atoms with E-state index in [1.165, 1.54) is 31.4 Å². The van der Waals surface area contributed by atoms with Gasteiger partial charge in [0.25, 0.3) is 0 Å². The minimum Gasteiger partial charge on any atom is -0.311 e. The molecule has 1 aliphatic heterocycles. The van der Waals surface area contributed by atoms with Crippen LogP contribution in [0.3, 0.4) is 0 Å². The van der Waals surface area contributed by atoms with Gasteiger partial charge in [0.05, 0.1) is 0 Å². The number of hydrogen-bond donors (Lipinski definition) is 1. The molecule has 2 heteroatoms. The van der Waals surface area contributed by atoms with Gasteiger partial charge >= 0.3 is 0 Å². The smallest absolute Gasteiger partial charge is 0.0236 e. The second-order valence-corrected chi connectivity index (χ2v) is 6.82. The van der Waals surface area contributed by atoms with Crippen molar-refractivity contribution in [2.24, 2.45) is 5.92 Å². The molecule has 1 aromatic rings. The van der Waals surface area contributed by atoms with Crippen LogP contribution in [0, 0.1) is 5.92 Å². The van der Waals surface area contributed by atoms with Crippen molar-refractivity contribution in [3.63, 3.8) is 0 Å². The third-order valence-corrected chi connectivity index (χ3v) is 5.27. The Bertz CT molecular complexity index is 417. The van der Waals surface area contributed by atoms with E-state index in [0.717, 1.165) is 24.9 Å². The highest BCUT2D eigenvalue weighted by molar-refractivity contribution is 5.16. The lowest BCUT2D eigenvalue weighted by Crippen LogP contribution is -2.59. The first-order chi connectivity index (χ1) is 9.74. The first kappa shape index (κ1) is 14.1. The molecular weight excluding hydrogens is 244 g/mol. The van der Waals surface area contributed by atoms with Crippen LogP contribution in [0.1, 0.15) is 38.7 Å². The van der Waals surface area contributed by atoms with Gasteiger partial charge in [0, 0.05) is 31.2 Å². The summed E-state index contributed by atoms with van der Waals surface area (Å²) in [5.74, 6) is 0.882. The Morgan fingerprint density at radius 2 is 1.95 bits per heavy atom. The van der Waals surface area contributed by atoms with E-state index in [2.05, 4.69) is 54.4 Å². The van der Waals surface area contributed by atoms with Crippen LogP contribution < -0.4 is 5.32 Å². The van der Waals surface area contributed by atoms with Gasteiger partial charge in [-0.1, -0.05) is 43.7 Å². The normalized spacial score (nSPS) is 35.3. The van der Waals surface area contributed by atoms with Crippen LogP contribution >= 0.6 is 0 Å². The summed E-state index contributed by atoms with van der Waals surface area (Å²) in [5, 5.41) is 3.74. The number of rotatable bonds is 3. The quantitative estimate of drug-likeness (QED) is 0.909. The number of benzene rings is 1. The van der Waals surface area contributed by atoms with Gasteiger partial charge in [-0.2, -0.15) is 0 Å². The Morgan fingerprint density at radius 3 is 2.65 bits per heavy atom. The molecule has 110 valence electrons. The first-order valence-electron chi connectivity index (χ1n) is 8.27. The van der Waals surface area contributed by atoms with Crippen molar-refractivity contribution in [1.82, 2.24) is 10.2 Å². The zero-order chi connectivity index (χ0) is 13.9. The number of nitrogens with one attached hydrogen (secondary N) is 1. The average molecular weight is 272 g/mol. The predicted octanol–water partition coefficient (Wildman–Crippen LogP) is 3.08. The maximum absolute atomic E-state index is 3.74. The molecule has 0 amide bonds. The number of nitrogens with zero attached hydrogens (tertiary/aromatic N) is 1. The van der Waals surface area contributed by atoms with Gasteiger partial charge < -0.3 is 5.32 Å². The number of hydrogen-bond acceptors (Lipinski definition) is 2. The fourth-order valence-corrected chi connectivity index (χ4v) is 4.07. The second-order valence-electron chi connectivity index (χ2n) is 6.82. The maximum Gasteiger partial charge on any atom is 0.0236 e. The van der Waals surface area contributed by atoms with E-state index in [9.17, 15) is 0 Å². The van der Waals surface area contributed by atoms with Gasteiger partial charge in [0.15, 0.2) is 0 Å². The van der Waals surface area contributed by atoms with Crippen molar-refractivity contribution in [3.8, 4) is 0 Å². The molecule has 2 aliphatic rings. The molecule has 0 spiro atoms. The van der Waals surface area contributed by atoms with Crippen molar-refractivity contribution in [1.29, 1.82) is 0 Å². The van der Waals surface area contributed by atoms with E-state index >= 15 is 0 Å². The van der Waals surface area contributed by atoms with Crippen molar-refractivity contribution in [2.45, 2.75) is 57.7 Å². The monoisotopic (exact) mass is 272 g/mol. The lowest BCUT2D eigenvalue weighted by Gasteiger charge is -2.44. The third kappa shape index (κ3) is 3.07. The van der Waals surface area contributed by atoms with Crippen molar-refractivity contribution in [2.75, 3.05) is 13.1 Å². The van der Waals surface area contributed by atoms with Gasteiger partial charge in [-0.05, 0) is 37.7 Å². The zero-order valence-electron chi connectivity index (χ0n) is 12.9. The van der Waals surface area contributed by atoms with Gasteiger partial charge in [0.1, 0.15) is 0 Å². The molecule has 1 aliphatic carbocycles. The molecular formula is C18H28N2. The Hall–Kier alpha value is -0.860. The van der Waals surface area contributed by atoms with E-state index < -0.39 is 0 Å². The Morgan fingerprint density at radius 1 is 1.15 bits per heavy atom. The topological polar surface area (TPSA) is 15.3 Å². The van der Waals surface area contributed by atoms with E-state index in [0.29, 0.717) is 12.1 Å². The molecule has 20 heavy (non-hydrogen) atoms. The molecule has 4 atom stereocenters. The molecule has 1 N–H and O–H groups in total. The largest absolute Gasteiger partial charge is 0.311 e. The van der Waals surface area contributed by atoms with Crippen LogP contribution in [0.5, 0.6) is 0 Å². The van der Waals surface area contributed by atoms with E-state index in [1.807, 2.05) is 0 Å². The van der Waals surface area contributed by atoms with Crippen molar-refractivity contribution >= 4 is 0 Å². The molecule has 1 saturated heterocycles. The minimum absolute atomic E-state index is 0.612. The van der Waals surface area contributed by atoms with Crippen molar-refractivity contribution < 1.29 is 0 Å². The summed E-state index contributed by atoms with van der Waals surface area (Å²) in [6, 6.07) is 13.0. The highest BCUT2D eigenvalue weighted by Gasteiger charge is 2.35. The maximum atomic E-state index is 3.74. The van der Waals surface area contributed by atoms with Gasteiger partial charge in [0.2, 0.25) is 0 Å². The summed E-state index contributed by atoms with van der Waals surface area (Å²) in [7, 11) is 0. The minimum atomic E-state index is 0.612. The van der Waals surface area contributed by atoms with Crippen molar-refractivity contribution in [3.05, 3.63) is 35.9 Å². The predicted molar refractivity (Wildman–Crippen MR) is 84.9 cm³/mol. The van der Waals surface area contributed by atoms with Gasteiger partial charge in [-0.15, -0.1) is 0 Å². The standard InChI is InChI=1S/C18H28N2/c1-14-7-6-10-18(14)20-13-17(19-12-15(20)2)11-16-8-4-3-5-9-16/h3-5,8-9,14-15,17-19H,6-7,10-13H2,1-2H3. The summed E-state index contributed by atoms with van der Waals surface area (Å²) >= 11 is 0. The lowest BCUT2D eigenvalue weighted by molar-refractivity contribution is 0.0742. The van der Waals surface area contributed by atoms with Crippen LogP contribution in [0.15, 0.2) is 30.3 Å². The van der Waals surface area contributed by atoms with E-state index in [1.54, 1.807) is 0 Å². The average Bonchev–Trinajstić information content (AvgIpc) is 2.88. The summed E-state index contributed by atoms with van der Waals surface area (Å²) < 4.78 is 0. The molecule has 3 rings (SSSR count). The molecule has 4 unspecified atom stereocenters. The summed E-state index contributed by atoms with van der Waals surface area (Å²) in [6.07, 6.45) is 5.41. The van der Waals surface area contributed by atoms with Crippen LogP contribution in [-0.2, 0) is 6.42 Å². The van der Waals surface area contributed by atoms with Crippen LogP contribution in [0.2, 0.25) is 0 Å². The molecule has 0 bridgehead atoms. The fraction of sp³-hybridized carbons (Fsp3) is 0.667. The summed E-state index contributed by atoms with van der Waals surface area (Å²) in [6.45, 7) is 7.18. The van der Waals surface area contributed by atoms with Gasteiger partial charge in [-0.3, -0.25) is 4.90 Å². The fourth-order valence-electron chi connectivity index (χ4n) is 4.07. The SMILES string of the molecule is CC1CCCC1N1CC(Cc2ccccc2)NCC1C.